The van der Waals surface area contributed by atoms with E-state index in [2.05, 4.69) is 6.58 Å². The Balaban J connectivity index is 4.34. The van der Waals surface area contributed by atoms with E-state index >= 15 is 0 Å². The van der Waals surface area contributed by atoms with Crippen molar-refractivity contribution in [2.24, 2.45) is 0 Å². The van der Waals surface area contributed by atoms with Gasteiger partial charge < -0.3 is 4.55 Å². The highest BCUT2D eigenvalue weighted by Gasteiger charge is 1.95. The van der Waals surface area contributed by atoms with E-state index < -0.39 is 11.1 Å². The minimum atomic E-state index is -1.89. The molecule has 0 radical (unpaired) electrons. The van der Waals surface area contributed by atoms with Crippen LogP contribution < -0.4 is 0 Å². The maximum absolute atomic E-state index is 10.5. The molecule has 0 saturated carbocycles. The molecule has 1 unspecified atom stereocenters. The van der Waals surface area contributed by atoms with Gasteiger partial charge in [0.05, 0.1) is 4.91 Å². The normalized spacial score (nSPS) is 15.4. The smallest absolute Gasteiger partial charge is 0.186 e. The van der Waals surface area contributed by atoms with Crippen LogP contribution in [0.5, 0.6) is 0 Å². The maximum Gasteiger partial charge on any atom is 0.186 e. The quantitative estimate of drug-likeness (QED) is 0.523. The molecule has 0 fully saturated rings. The molecule has 3 heteroatoms. The third-order valence-corrected chi connectivity index (χ3v) is 1.79. The fourth-order valence-corrected chi connectivity index (χ4v) is 0.866. The van der Waals surface area contributed by atoms with Gasteiger partial charge >= 0.3 is 0 Å². The Hall–Kier alpha value is -0.670. The van der Waals surface area contributed by atoms with Crippen LogP contribution in [0.3, 0.4) is 0 Å². The van der Waals surface area contributed by atoms with Crippen molar-refractivity contribution in [3.8, 4) is 0 Å². The second-order valence-electron chi connectivity index (χ2n) is 2.12. The molecule has 0 rings (SSSR count). The molecule has 11 heavy (non-hydrogen) atoms. The SMILES string of the molecule is C=C(C)/C=C\C(=C/C)S(=O)O. The minimum Gasteiger partial charge on any atom is -0.302 e. The van der Waals surface area contributed by atoms with Gasteiger partial charge in [-0.2, -0.15) is 0 Å². The van der Waals surface area contributed by atoms with Crippen molar-refractivity contribution in [1.82, 2.24) is 0 Å². The molecule has 0 saturated heterocycles. The first-order valence-corrected chi connectivity index (χ1v) is 4.29. The summed E-state index contributed by atoms with van der Waals surface area (Å²) >= 11 is -1.89. The monoisotopic (exact) mass is 172 g/mol. The predicted molar refractivity (Wildman–Crippen MR) is 48.5 cm³/mol. The minimum absolute atomic E-state index is 0.396. The lowest BCUT2D eigenvalue weighted by atomic mass is 10.3. The Morgan fingerprint density at radius 3 is 2.36 bits per heavy atom. The first-order valence-electron chi connectivity index (χ1n) is 3.18. The molecule has 62 valence electrons. The van der Waals surface area contributed by atoms with Gasteiger partial charge in [-0.15, -0.1) is 0 Å². The molecule has 0 aromatic rings. The van der Waals surface area contributed by atoms with Crippen molar-refractivity contribution in [2.75, 3.05) is 0 Å². The molecule has 0 aromatic heterocycles. The summed E-state index contributed by atoms with van der Waals surface area (Å²) in [6.45, 7) is 7.16. The molecular weight excluding hydrogens is 160 g/mol. The molecule has 0 aliphatic heterocycles. The van der Waals surface area contributed by atoms with E-state index in [1.807, 2.05) is 6.92 Å². The zero-order valence-corrected chi connectivity index (χ0v) is 7.52. The molecule has 1 N–H and O–H groups in total. The van der Waals surface area contributed by atoms with Crippen LogP contribution in [-0.2, 0) is 11.1 Å². The van der Waals surface area contributed by atoms with Crippen LogP contribution in [-0.4, -0.2) is 8.76 Å². The number of rotatable bonds is 3. The molecule has 0 bridgehead atoms. The van der Waals surface area contributed by atoms with Gasteiger partial charge in [0.2, 0.25) is 0 Å². The van der Waals surface area contributed by atoms with Gasteiger partial charge in [0.25, 0.3) is 0 Å². The van der Waals surface area contributed by atoms with Gasteiger partial charge in [-0.25, -0.2) is 4.21 Å². The van der Waals surface area contributed by atoms with E-state index in [9.17, 15) is 4.21 Å². The zero-order valence-electron chi connectivity index (χ0n) is 6.70. The largest absolute Gasteiger partial charge is 0.302 e. The van der Waals surface area contributed by atoms with Gasteiger partial charge in [-0.1, -0.05) is 24.3 Å². The highest BCUT2D eigenvalue weighted by molar-refractivity contribution is 7.83. The summed E-state index contributed by atoms with van der Waals surface area (Å²) in [5, 5.41) is 0. The first kappa shape index (κ1) is 10.3. The molecule has 1 atom stereocenters. The second-order valence-corrected chi connectivity index (χ2v) is 3.09. The van der Waals surface area contributed by atoms with E-state index in [1.165, 1.54) is 0 Å². The second kappa shape index (κ2) is 5.04. The molecule has 0 amide bonds. The summed E-state index contributed by atoms with van der Waals surface area (Å²) in [6, 6.07) is 0. The summed E-state index contributed by atoms with van der Waals surface area (Å²) in [4.78, 5) is 0.396. The highest BCUT2D eigenvalue weighted by atomic mass is 32.2. The average molecular weight is 172 g/mol. The van der Waals surface area contributed by atoms with Crippen LogP contribution >= 0.6 is 0 Å². The molecular formula is C8H12O2S. The first-order chi connectivity index (χ1) is 5.07. The number of hydrogen-bond donors (Lipinski definition) is 1. The summed E-state index contributed by atoms with van der Waals surface area (Å²) < 4.78 is 19.2. The molecule has 0 spiro atoms. The highest BCUT2D eigenvalue weighted by Crippen LogP contribution is 2.02. The summed E-state index contributed by atoms with van der Waals surface area (Å²) in [7, 11) is 0. The predicted octanol–water partition coefficient (Wildman–Crippen LogP) is 2.24. The Morgan fingerprint density at radius 1 is 1.55 bits per heavy atom. The van der Waals surface area contributed by atoms with Gasteiger partial charge in [-0.3, -0.25) is 0 Å². The van der Waals surface area contributed by atoms with Crippen molar-refractivity contribution >= 4 is 11.1 Å². The van der Waals surface area contributed by atoms with Gasteiger partial charge in [0, 0.05) is 0 Å². The van der Waals surface area contributed by atoms with Crippen molar-refractivity contribution in [3.05, 3.63) is 35.3 Å². The summed E-state index contributed by atoms with van der Waals surface area (Å²) in [5.74, 6) is 0. The Bertz CT molecular complexity index is 226. The molecule has 0 heterocycles. The van der Waals surface area contributed by atoms with Crippen LogP contribution in [0.25, 0.3) is 0 Å². The van der Waals surface area contributed by atoms with Crippen molar-refractivity contribution in [1.29, 1.82) is 0 Å². The Kier molecular flexibility index (Phi) is 4.74. The van der Waals surface area contributed by atoms with E-state index in [4.69, 9.17) is 4.55 Å². The lowest BCUT2D eigenvalue weighted by molar-refractivity contribution is 0.572. The van der Waals surface area contributed by atoms with Gasteiger partial charge in [0.1, 0.15) is 0 Å². The topological polar surface area (TPSA) is 37.3 Å². The van der Waals surface area contributed by atoms with Crippen LogP contribution in [0.4, 0.5) is 0 Å². The van der Waals surface area contributed by atoms with Crippen molar-refractivity contribution < 1.29 is 8.76 Å². The molecule has 0 aliphatic carbocycles. The van der Waals surface area contributed by atoms with E-state index in [0.717, 1.165) is 5.57 Å². The fraction of sp³-hybridized carbons (Fsp3) is 0.250. The number of allylic oxidation sites excluding steroid dienone is 4. The molecule has 2 nitrogen and oxygen atoms in total. The lowest BCUT2D eigenvalue weighted by Crippen LogP contribution is -1.87. The van der Waals surface area contributed by atoms with Crippen LogP contribution in [0.1, 0.15) is 13.8 Å². The third kappa shape index (κ3) is 4.70. The average Bonchev–Trinajstić information content (AvgIpc) is 1.87. The Morgan fingerprint density at radius 2 is 2.09 bits per heavy atom. The fourth-order valence-electron chi connectivity index (χ4n) is 0.480. The lowest BCUT2D eigenvalue weighted by Gasteiger charge is -1.92. The number of hydrogen-bond acceptors (Lipinski definition) is 1. The van der Waals surface area contributed by atoms with Gasteiger partial charge in [-0.05, 0) is 19.9 Å². The Labute approximate surface area is 69.6 Å². The van der Waals surface area contributed by atoms with Crippen molar-refractivity contribution in [3.63, 3.8) is 0 Å². The zero-order chi connectivity index (χ0) is 8.85. The molecule has 0 aromatic carbocycles. The standard InChI is InChI=1S/C8H12O2S/c1-4-8(11(9)10)6-5-7(2)3/h4-6H,2H2,1,3H3,(H,9,10)/b6-5-,8-4+. The van der Waals surface area contributed by atoms with Crippen LogP contribution in [0.15, 0.2) is 35.3 Å². The van der Waals surface area contributed by atoms with E-state index in [-0.39, 0.29) is 0 Å². The van der Waals surface area contributed by atoms with Crippen LogP contribution in [0.2, 0.25) is 0 Å². The molecule has 0 aliphatic rings. The van der Waals surface area contributed by atoms with Crippen molar-refractivity contribution in [2.45, 2.75) is 13.8 Å². The maximum atomic E-state index is 10.5. The van der Waals surface area contributed by atoms with Crippen LogP contribution in [0, 0.1) is 0 Å². The third-order valence-electron chi connectivity index (χ3n) is 1.02. The van der Waals surface area contributed by atoms with E-state index in [1.54, 1.807) is 25.2 Å². The summed E-state index contributed by atoms with van der Waals surface area (Å²) in [6.07, 6.45) is 4.87. The van der Waals surface area contributed by atoms with Gasteiger partial charge in [0.15, 0.2) is 11.1 Å². The van der Waals surface area contributed by atoms with E-state index in [0.29, 0.717) is 4.91 Å². The summed E-state index contributed by atoms with van der Waals surface area (Å²) in [5.41, 5.74) is 0.856.